The number of fused-ring (bicyclic) bond motifs is 1. The Labute approximate surface area is 139 Å². The maximum atomic E-state index is 12.2. The third-order valence-electron chi connectivity index (χ3n) is 3.41. The molecule has 0 unspecified atom stereocenters. The SMILES string of the molecule is COc1cc(/C=C/C(=O)c2ccc(Cl)cc2)cc2c1OCCO2. The maximum absolute atomic E-state index is 12.2. The Bertz CT molecular complexity index is 733. The van der Waals surface area contributed by atoms with Crippen molar-refractivity contribution in [1.29, 1.82) is 0 Å². The molecular weight excluding hydrogens is 316 g/mol. The van der Waals surface area contributed by atoms with E-state index in [1.165, 1.54) is 6.08 Å². The average Bonchev–Trinajstić information content (AvgIpc) is 2.59. The number of allylic oxidation sites excluding steroid dienone is 1. The smallest absolute Gasteiger partial charge is 0.203 e. The van der Waals surface area contributed by atoms with Gasteiger partial charge >= 0.3 is 0 Å². The lowest BCUT2D eigenvalue weighted by Gasteiger charge is -2.20. The molecule has 0 aliphatic carbocycles. The number of benzene rings is 2. The van der Waals surface area contributed by atoms with E-state index in [0.717, 1.165) is 5.56 Å². The van der Waals surface area contributed by atoms with Crippen LogP contribution in [0.25, 0.3) is 6.08 Å². The number of carbonyl (C=O) groups excluding carboxylic acids is 1. The van der Waals surface area contributed by atoms with Gasteiger partial charge in [-0.3, -0.25) is 4.79 Å². The second-order valence-corrected chi connectivity index (χ2v) is 5.39. The van der Waals surface area contributed by atoms with Gasteiger partial charge in [-0.2, -0.15) is 0 Å². The number of halogens is 1. The molecule has 0 fully saturated rings. The molecule has 1 heterocycles. The molecule has 0 radical (unpaired) electrons. The molecular formula is C18H15ClO4. The highest BCUT2D eigenvalue weighted by molar-refractivity contribution is 6.30. The van der Waals surface area contributed by atoms with Crippen LogP contribution in [0.5, 0.6) is 17.2 Å². The van der Waals surface area contributed by atoms with Crippen molar-refractivity contribution in [3.8, 4) is 17.2 Å². The van der Waals surface area contributed by atoms with Crippen molar-refractivity contribution in [3.05, 3.63) is 58.6 Å². The van der Waals surface area contributed by atoms with Crippen molar-refractivity contribution in [2.75, 3.05) is 20.3 Å². The van der Waals surface area contributed by atoms with Gasteiger partial charge in [-0.05, 0) is 48.0 Å². The molecule has 23 heavy (non-hydrogen) atoms. The highest BCUT2D eigenvalue weighted by Gasteiger charge is 2.17. The van der Waals surface area contributed by atoms with E-state index >= 15 is 0 Å². The van der Waals surface area contributed by atoms with Crippen LogP contribution in [-0.4, -0.2) is 26.1 Å². The fourth-order valence-corrected chi connectivity index (χ4v) is 2.40. The van der Waals surface area contributed by atoms with Gasteiger partial charge in [0.1, 0.15) is 13.2 Å². The molecule has 4 nitrogen and oxygen atoms in total. The lowest BCUT2D eigenvalue weighted by Crippen LogP contribution is -2.16. The van der Waals surface area contributed by atoms with Crippen LogP contribution in [0.4, 0.5) is 0 Å². The van der Waals surface area contributed by atoms with Crippen molar-refractivity contribution in [2.45, 2.75) is 0 Å². The first kappa shape index (κ1) is 15.4. The number of carbonyl (C=O) groups is 1. The molecule has 0 N–H and O–H groups in total. The number of ketones is 1. The van der Waals surface area contributed by atoms with Crippen LogP contribution in [0.1, 0.15) is 15.9 Å². The summed E-state index contributed by atoms with van der Waals surface area (Å²) in [6, 6.07) is 10.4. The summed E-state index contributed by atoms with van der Waals surface area (Å²) in [7, 11) is 1.57. The molecule has 0 bridgehead atoms. The van der Waals surface area contributed by atoms with Gasteiger partial charge in [0.25, 0.3) is 0 Å². The van der Waals surface area contributed by atoms with Crippen molar-refractivity contribution in [2.24, 2.45) is 0 Å². The Morgan fingerprint density at radius 2 is 1.91 bits per heavy atom. The first-order valence-corrected chi connectivity index (χ1v) is 7.51. The Morgan fingerprint density at radius 3 is 2.65 bits per heavy atom. The molecule has 2 aromatic rings. The summed E-state index contributed by atoms with van der Waals surface area (Å²) in [5.41, 5.74) is 1.38. The minimum Gasteiger partial charge on any atom is -0.493 e. The topological polar surface area (TPSA) is 44.8 Å². The molecule has 118 valence electrons. The average molecular weight is 331 g/mol. The number of ether oxygens (including phenoxy) is 3. The highest BCUT2D eigenvalue weighted by Crippen LogP contribution is 2.40. The summed E-state index contributed by atoms with van der Waals surface area (Å²) in [6.45, 7) is 0.987. The predicted molar refractivity (Wildman–Crippen MR) is 88.8 cm³/mol. The fourth-order valence-electron chi connectivity index (χ4n) is 2.27. The molecule has 1 aliphatic rings. The molecule has 3 rings (SSSR count). The lowest BCUT2D eigenvalue weighted by molar-refractivity contribution is 0.104. The first-order chi connectivity index (χ1) is 11.2. The number of hydrogen-bond acceptors (Lipinski definition) is 4. The molecule has 2 aromatic carbocycles. The molecule has 1 aliphatic heterocycles. The summed E-state index contributed by atoms with van der Waals surface area (Å²) >= 11 is 5.82. The Hall–Kier alpha value is -2.46. The quantitative estimate of drug-likeness (QED) is 0.627. The molecule has 0 spiro atoms. The summed E-state index contributed by atoms with van der Waals surface area (Å²) < 4.78 is 16.4. The van der Waals surface area contributed by atoms with Gasteiger partial charge in [0, 0.05) is 10.6 Å². The zero-order valence-corrected chi connectivity index (χ0v) is 13.3. The van der Waals surface area contributed by atoms with Crippen LogP contribution in [0.2, 0.25) is 5.02 Å². The van der Waals surface area contributed by atoms with Crippen molar-refractivity contribution in [1.82, 2.24) is 0 Å². The van der Waals surface area contributed by atoms with E-state index in [9.17, 15) is 4.79 Å². The minimum absolute atomic E-state index is 0.101. The summed E-state index contributed by atoms with van der Waals surface area (Å²) in [6.07, 6.45) is 3.23. The van der Waals surface area contributed by atoms with E-state index in [2.05, 4.69) is 0 Å². The van der Waals surface area contributed by atoms with Crippen LogP contribution in [-0.2, 0) is 0 Å². The van der Waals surface area contributed by atoms with E-state index in [1.807, 2.05) is 6.07 Å². The van der Waals surface area contributed by atoms with Crippen LogP contribution in [0.15, 0.2) is 42.5 Å². The van der Waals surface area contributed by atoms with Crippen molar-refractivity contribution in [3.63, 3.8) is 0 Å². The molecule has 0 saturated heterocycles. The Morgan fingerprint density at radius 1 is 1.17 bits per heavy atom. The predicted octanol–water partition coefficient (Wildman–Crippen LogP) is 4.02. The number of methoxy groups -OCH3 is 1. The van der Waals surface area contributed by atoms with Crippen LogP contribution in [0.3, 0.4) is 0 Å². The van der Waals surface area contributed by atoms with E-state index in [0.29, 0.717) is 41.0 Å². The van der Waals surface area contributed by atoms with Gasteiger partial charge in [0.05, 0.1) is 7.11 Å². The van der Waals surface area contributed by atoms with Crippen LogP contribution in [0, 0.1) is 0 Å². The monoisotopic (exact) mass is 330 g/mol. The number of hydrogen-bond donors (Lipinski definition) is 0. The van der Waals surface area contributed by atoms with Gasteiger partial charge in [-0.15, -0.1) is 0 Å². The lowest BCUT2D eigenvalue weighted by atomic mass is 10.1. The van der Waals surface area contributed by atoms with E-state index < -0.39 is 0 Å². The minimum atomic E-state index is -0.101. The second-order valence-electron chi connectivity index (χ2n) is 4.95. The summed E-state index contributed by atoms with van der Waals surface area (Å²) in [5, 5.41) is 0.599. The largest absolute Gasteiger partial charge is 0.493 e. The number of rotatable bonds is 4. The molecule has 0 atom stereocenters. The molecule has 0 amide bonds. The Kier molecular flexibility index (Phi) is 4.53. The normalized spacial score (nSPS) is 13.1. The summed E-state index contributed by atoms with van der Waals surface area (Å²) in [4.78, 5) is 12.2. The highest BCUT2D eigenvalue weighted by atomic mass is 35.5. The van der Waals surface area contributed by atoms with E-state index in [1.54, 1.807) is 43.5 Å². The van der Waals surface area contributed by atoms with Crippen molar-refractivity contribution < 1.29 is 19.0 Å². The van der Waals surface area contributed by atoms with Gasteiger partial charge in [0.2, 0.25) is 5.75 Å². The summed E-state index contributed by atoms with van der Waals surface area (Å²) in [5.74, 6) is 1.70. The molecule has 0 saturated carbocycles. The van der Waals surface area contributed by atoms with E-state index in [-0.39, 0.29) is 5.78 Å². The van der Waals surface area contributed by atoms with Crippen LogP contribution < -0.4 is 14.2 Å². The zero-order valence-electron chi connectivity index (χ0n) is 12.5. The third-order valence-corrected chi connectivity index (χ3v) is 3.66. The van der Waals surface area contributed by atoms with Crippen LogP contribution >= 0.6 is 11.6 Å². The van der Waals surface area contributed by atoms with E-state index in [4.69, 9.17) is 25.8 Å². The van der Waals surface area contributed by atoms with Gasteiger partial charge in [-0.1, -0.05) is 17.7 Å². The molecule has 5 heteroatoms. The van der Waals surface area contributed by atoms with Gasteiger partial charge in [-0.25, -0.2) is 0 Å². The maximum Gasteiger partial charge on any atom is 0.203 e. The van der Waals surface area contributed by atoms with Crippen molar-refractivity contribution >= 4 is 23.5 Å². The van der Waals surface area contributed by atoms with Gasteiger partial charge < -0.3 is 14.2 Å². The fraction of sp³-hybridized carbons (Fsp3) is 0.167. The second kappa shape index (κ2) is 6.75. The molecule has 0 aromatic heterocycles. The Balaban J connectivity index is 1.84. The third kappa shape index (κ3) is 3.48. The van der Waals surface area contributed by atoms with Gasteiger partial charge in [0.15, 0.2) is 17.3 Å². The standard InChI is InChI=1S/C18H15ClO4/c1-21-16-10-12(11-17-18(16)23-9-8-22-17)2-7-15(20)13-3-5-14(19)6-4-13/h2-7,10-11H,8-9H2,1H3/b7-2+. The first-order valence-electron chi connectivity index (χ1n) is 7.13. The zero-order chi connectivity index (χ0) is 16.2.